The average molecular weight is 448 g/mol. The van der Waals surface area contributed by atoms with Gasteiger partial charge < -0.3 is 5.32 Å². The molecule has 0 radical (unpaired) electrons. The average Bonchev–Trinajstić information content (AvgIpc) is 3.55. The lowest BCUT2D eigenvalue weighted by Gasteiger charge is -2.09. The fourth-order valence-corrected chi connectivity index (χ4v) is 3.56. The Labute approximate surface area is 196 Å². The summed E-state index contributed by atoms with van der Waals surface area (Å²) < 4.78 is 3.51. The zero-order valence-corrected chi connectivity index (χ0v) is 18.2. The molecule has 5 aromatic rings. The molecule has 1 N–H and O–H groups in total. The van der Waals surface area contributed by atoms with Crippen molar-refractivity contribution >= 4 is 17.7 Å². The van der Waals surface area contributed by atoms with Gasteiger partial charge in [-0.05, 0) is 42.0 Å². The zero-order valence-electron chi connectivity index (χ0n) is 18.2. The summed E-state index contributed by atoms with van der Waals surface area (Å²) in [7, 11) is 0. The largest absolute Gasteiger partial charge is 0.322 e. The summed E-state index contributed by atoms with van der Waals surface area (Å²) in [4.78, 5) is 21.0. The smallest absolute Gasteiger partial charge is 0.248 e. The molecule has 0 unspecified atom stereocenters. The molecule has 0 spiro atoms. The molecule has 0 atom stereocenters. The lowest BCUT2D eigenvalue weighted by molar-refractivity contribution is -0.111. The summed E-state index contributed by atoms with van der Waals surface area (Å²) in [5, 5.41) is 11.8. The molecule has 1 amide bonds. The molecule has 3 heterocycles. The van der Waals surface area contributed by atoms with E-state index in [-0.39, 0.29) is 5.91 Å². The summed E-state index contributed by atoms with van der Waals surface area (Å²) in [5.74, 6) is -0.240. The van der Waals surface area contributed by atoms with Gasteiger partial charge in [0.15, 0.2) is 0 Å². The van der Waals surface area contributed by atoms with Gasteiger partial charge in [0.05, 0.1) is 12.2 Å². The number of aromatic nitrogens is 6. The number of nitrogens with one attached hydrogen (secondary N) is 1. The van der Waals surface area contributed by atoms with Crippen LogP contribution in [-0.2, 0) is 11.3 Å². The van der Waals surface area contributed by atoms with Gasteiger partial charge in [0.25, 0.3) is 0 Å². The number of para-hydroxylation sites is 2. The highest BCUT2D eigenvalue weighted by molar-refractivity contribution is 6.02. The van der Waals surface area contributed by atoms with Crippen molar-refractivity contribution in [3.05, 3.63) is 115 Å². The van der Waals surface area contributed by atoms with Crippen LogP contribution < -0.4 is 5.32 Å². The van der Waals surface area contributed by atoms with E-state index in [1.807, 2.05) is 72.9 Å². The Balaban J connectivity index is 1.40. The normalized spacial score (nSPS) is 11.1. The molecule has 5 rings (SSSR count). The highest BCUT2D eigenvalue weighted by Gasteiger charge is 2.12. The van der Waals surface area contributed by atoms with Gasteiger partial charge in [0.2, 0.25) is 5.91 Å². The van der Waals surface area contributed by atoms with Crippen LogP contribution in [0.25, 0.3) is 23.0 Å². The van der Waals surface area contributed by atoms with E-state index < -0.39 is 0 Å². The predicted octanol–water partition coefficient (Wildman–Crippen LogP) is 4.23. The number of rotatable bonds is 7. The van der Waals surface area contributed by atoms with Gasteiger partial charge in [-0.3, -0.25) is 9.78 Å². The topological polar surface area (TPSA) is 90.5 Å². The van der Waals surface area contributed by atoms with Crippen LogP contribution in [0, 0.1) is 0 Å². The molecule has 8 heteroatoms. The van der Waals surface area contributed by atoms with Gasteiger partial charge in [-0.25, -0.2) is 14.3 Å². The van der Waals surface area contributed by atoms with Gasteiger partial charge in [-0.2, -0.15) is 10.2 Å². The summed E-state index contributed by atoms with van der Waals surface area (Å²) in [5.41, 5.74) is 5.01. The Morgan fingerprint density at radius 3 is 2.62 bits per heavy atom. The minimum absolute atomic E-state index is 0.240. The molecule has 8 nitrogen and oxygen atoms in total. The monoisotopic (exact) mass is 447 g/mol. The molecule has 0 aliphatic heterocycles. The van der Waals surface area contributed by atoms with Crippen LogP contribution in [-0.4, -0.2) is 35.4 Å². The molecule has 34 heavy (non-hydrogen) atoms. The van der Waals surface area contributed by atoms with E-state index in [4.69, 9.17) is 5.10 Å². The highest BCUT2D eigenvalue weighted by atomic mass is 16.1. The van der Waals surface area contributed by atoms with Crippen LogP contribution in [0.2, 0.25) is 0 Å². The van der Waals surface area contributed by atoms with Crippen LogP contribution in [0.15, 0.2) is 104 Å². The number of nitrogens with zero attached hydrogens (tertiary/aromatic N) is 6. The Morgan fingerprint density at radius 2 is 1.82 bits per heavy atom. The number of hydrogen-bond donors (Lipinski definition) is 1. The van der Waals surface area contributed by atoms with Crippen molar-refractivity contribution < 1.29 is 4.79 Å². The second-order valence-corrected chi connectivity index (χ2v) is 7.53. The van der Waals surface area contributed by atoms with E-state index in [9.17, 15) is 4.79 Å². The van der Waals surface area contributed by atoms with Gasteiger partial charge in [-0.1, -0.05) is 36.4 Å². The Bertz CT molecular complexity index is 1410. The molecule has 0 saturated heterocycles. The van der Waals surface area contributed by atoms with Crippen molar-refractivity contribution in [1.82, 2.24) is 29.5 Å². The number of carbonyl (C=O) groups excluding carboxylic acids is 1. The molecule has 0 aliphatic carbocycles. The second kappa shape index (κ2) is 9.74. The maximum atomic E-state index is 12.8. The van der Waals surface area contributed by atoms with Crippen molar-refractivity contribution in [2.45, 2.75) is 6.54 Å². The number of pyridine rings is 1. The lowest BCUT2D eigenvalue weighted by Crippen LogP contribution is -2.11. The molecule has 0 fully saturated rings. The number of benzene rings is 2. The first kappa shape index (κ1) is 21.0. The Morgan fingerprint density at radius 1 is 0.971 bits per heavy atom. The van der Waals surface area contributed by atoms with E-state index in [1.54, 1.807) is 34.2 Å². The van der Waals surface area contributed by atoms with Gasteiger partial charge in [0, 0.05) is 41.5 Å². The van der Waals surface area contributed by atoms with Gasteiger partial charge in [0.1, 0.15) is 18.3 Å². The van der Waals surface area contributed by atoms with E-state index in [2.05, 4.69) is 20.4 Å². The Kier molecular flexibility index (Phi) is 6.02. The number of anilines is 1. The third-order valence-electron chi connectivity index (χ3n) is 5.19. The molecule has 0 saturated carbocycles. The molecule has 2 aromatic carbocycles. The van der Waals surface area contributed by atoms with Crippen molar-refractivity contribution in [3.63, 3.8) is 0 Å². The zero-order chi connectivity index (χ0) is 23.2. The van der Waals surface area contributed by atoms with Crippen LogP contribution in [0.1, 0.15) is 11.1 Å². The number of hydrogen-bond acceptors (Lipinski definition) is 5. The first-order chi connectivity index (χ1) is 16.8. The molecular formula is C26H21N7O. The maximum absolute atomic E-state index is 12.8. The predicted molar refractivity (Wildman–Crippen MR) is 130 cm³/mol. The summed E-state index contributed by atoms with van der Waals surface area (Å²) in [6.07, 6.45) is 11.8. The van der Waals surface area contributed by atoms with Crippen molar-refractivity contribution in [2.24, 2.45) is 0 Å². The van der Waals surface area contributed by atoms with E-state index in [1.165, 1.54) is 12.4 Å². The minimum Gasteiger partial charge on any atom is -0.322 e. The van der Waals surface area contributed by atoms with Crippen molar-refractivity contribution in [1.29, 1.82) is 0 Å². The maximum Gasteiger partial charge on any atom is 0.248 e. The Hall–Kier alpha value is -4.85. The summed E-state index contributed by atoms with van der Waals surface area (Å²) in [6.45, 7) is 0.509. The molecule has 3 aromatic heterocycles. The van der Waals surface area contributed by atoms with Crippen LogP contribution >= 0.6 is 0 Å². The standard InChI is InChI=1S/C26H21N7O/c34-25(30-24-11-5-4-7-21(24)16-32-19-28-18-29-32)13-12-22-17-33(23-9-2-1-3-10-23)31-26(22)20-8-6-14-27-15-20/h1-15,17-19H,16H2,(H,30,34). The van der Waals surface area contributed by atoms with E-state index >= 15 is 0 Å². The van der Waals surface area contributed by atoms with Crippen LogP contribution in [0.5, 0.6) is 0 Å². The SMILES string of the molecule is O=C(C=Cc1cn(-c2ccccc2)nc1-c1cccnc1)Nc1ccccc1Cn1cncn1. The molecule has 0 aliphatic rings. The minimum atomic E-state index is -0.240. The fourth-order valence-electron chi connectivity index (χ4n) is 3.56. The molecule has 0 bridgehead atoms. The quantitative estimate of drug-likeness (QED) is 0.377. The van der Waals surface area contributed by atoms with Gasteiger partial charge in [-0.15, -0.1) is 0 Å². The third-order valence-corrected chi connectivity index (χ3v) is 5.19. The fraction of sp³-hybridized carbons (Fsp3) is 0.0385. The number of carbonyl (C=O) groups is 1. The van der Waals surface area contributed by atoms with E-state index in [0.29, 0.717) is 6.54 Å². The third kappa shape index (κ3) is 4.81. The summed E-state index contributed by atoms with van der Waals surface area (Å²) in [6, 6.07) is 21.3. The second-order valence-electron chi connectivity index (χ2n) is 7.53. The summed E-state index contributed by atoms with van der Waals surface area (Å²) >= 11 is 0. The molecule has 166 valence electrons. The number of amides is 1. The van der Waals surface area contributed by atoms with Gasteiger partial charge >= 0.3 is 0 Å². The highest BCUT2D eigenvalue weighted by Crippen LogP contribution is 2.24. The van der Waals surface area contributed by atoms with E-state index in [0.717, 1.165) is 33.8 Å². The van der Waals surface area contributed by atoms with Crippen LogP contribution in [0.4, 0.5) is 5.69 Å². The van der Waals surface area contributed by atoms with Crippen LogP contribution in [0.3, 0.4) is 0 Å². The van der Waals surface area contributed by atoms with Crippen molar-refractivity contribution in [2.75, 3.05) is 5.32 Å². The lowest BCUT2D eigenvalue weighted by atomic mass is 10.1. The molecular weight excluding hydrogens is 426 g/mol. The van der Waals surface area contributed by atoms with Crippen molar-refractivity contribution in [3.8, 4) is 16.9 Å². The first-order valence-corrected chi connectivity index (χ1v) is 10.7. The first-order valence-electron chi connectivity index (χ1n) is 10.7.